The lowest BCUT2D eigenvalue weighted by molar-refractivity contribution is -0.0334. The van der Waals surface area contributed by atoms with Gasteiger partial charge in [-0.05, 0) is 72.8 Å². The molecule has 0 atom stereocenters. The van der Waals surface area contributed by atoms with Gasteiger partial charge in [-0.25, -0.2) is 0 Å². The van der Waals surface area contributed by atoms with Gasteiger partial charge in [-0.3, -0.25) is 4.90 Å². The molecule has 1 aliphatic rings. The maximum atomic E-state index is 5.59. The number of likely N-dealkylation sites (tertiary alicyclic amines) is 1. The molecule has 18 heavy (non-hydrogen) atoms. The first kappa shape index (κ1) is 16.0. The normalized spacial score (nSPS) is 24.3. The van der Waals surface area contributed by atoms with E-state index in [-0.39, 0.29) is 0 Å². The first-order chi connectivity index (χ1) is 8.29. The number of hydrogen-bond acceptors (Lipinski definition) is 2. The van der Waals surface area contributed by atoms with Crippen molar-refractivity contribution in [3.05, 3.63) is 0 Å². The fourth-order valence-electron chi connectivity index (χ4n) is 3.50. The van der Waals surface area contributed by atoms with Gasteiger partial charge in [0.1, 0.15) is 0 Å². The highest BCUT2D eigenvalue weighted by atomic mass is 16.5. The van der Waals surface area contributed by atoms with Crippen molar-refractivity contribution in [2.75, 3.05) is 20.3 Å². The van der Waals surface area contributed by atoms with Gasteiger partial charge in [0.15, 0.2) is 0 Å². The van der Waals surface area contributed by atoms with Crippen LogP contribution in [-0.4, -0.2) is 36.2 Å². The highest BCUT2D eigenvalue weighted by molar-refractivity contribution is 4.98. The van der Waals surface area contributed by atoms with Gasteiger partial charge in [0, 0.05) is 24.3 Å². The van der Waals surface area contributed by atoms with Crippen molar-refractivity contribution in [3.8, 4) is 0 Å². The van der Waals surface area contributed by atoms with Gasteiger partial charge in [-0.15, -0.1) is 0 Å². The molecule has 0 N–H and O–H groups in total. The summed E-state index contributed by atoms with van der Waals surface area (Å²) in [4.78, 5) is 2.56. The number of piperidine rings is 1. The van der Waals surface area contributed by atoms with E-state index in [9.17, 15) is 0 Å². The Hall–Kier alpha value is -0.0800. The molecule has 1 rings (SSSR count). The van der Waals surface area contributed by atoms with Crippen molar-refractivity contribution >= 4 is 0 Å². The first-order valence-corrected chi connectivity index (χ1v) is 7.61. The van der Waals surface area contributed by atoms with E-state index in [0.717, 1.165) is 25.6 Å². The molecule has 2 heteroatoms. The topological polar surface area (TPSA) is 12.5 Å². The molecule has 1 heterocycles. The van der Waals surface area contributed by atoms with Gasteiger partial charge in [-0.1, -0.05) is 6.92 Å². The zero-order valence-electron chi connectivity index (χ0n) is 13.4. The Morgan fingerprint density at radius 3 is 2.11 bits per heavy atom. The summed E-state index contributed by atoms with van der Waals surface area (Å²) in [6.07, 6.45) is 6.32. The van der Waals surface area contributed by atoms with Crippen LogP contribution >= 0.6 is 0 Å². The average molecular weight is 255 g/mol. The maximum Gasteiger partial charge on any atom is 0.0466 e. The SMILES string of the molecule is CCCOCCCC1CC(C)(C)N(C)C(C)(C)C1. The summed E-state index contributed by atoms with van der Waals surface area (Å²) in [5, 5.41) is 0. The average Bonchev–Trinajstić information content (AvgIpc) is 2.25. The van der Waals surface area contributed by atoms with Crippen LogP contribution in [0.5, 0.6) is 0 Å². The molecule has 0 radical (unpaired) electrons. The summed E-state index contributed by atoms with van der Waals surface area (Å²) in [5.74, 6) is 0.858. The number of hydrogen-bond donors (Lipinski definition) is 0. The summed E-state index contributed by atoms with van der Waals surface area (Å²) in [5.41, 5.74) is 0.660. The van der Waals surface area contributed by atoms with E-state index in [2.05, 4.69) is 46.6 Å². The summed E-state index contributed by atoms with van der Waals surface area (Å²) in [6.45, 7) is 13.6. The Labute approximate surface area is 114 Å². The Morgan fingerprint density at radius 2 is 1.61 bits per heavy atom. The molecule has 1 aliphatic heterocycles. The molecule has 0 aromatic heterocycles. The van der Waals surface area contributed by atoms with Crippen molar-refractivity contribution < 1.29 is 4.74 Å². The maximum absolute atomic E-state index is 5.59. The molecule has 0 aromatic carbocycles. The minimum absolute atomic E-state index is 0.330. The molecule has 1 fully saturated rings. The third-order valence-electron chi connectivity index (χ3n) is 4.64. The lowest BCUT2D eigenvalue weighted by atomic mass is 9.72. The van der Waals surface area contributed by atoms with Crippen LogP contribution in [0.2, 0.25) is 0 Å². The van der Waals surface area contributed by atoms with Gasteiger partial charge in [0.05, 0.1) is 0 Å². The molecular weight excluding hydrogens is 222 g/mol. The van der Waals surface area contributed by atoms with Gasteiger partial charge >= 0.3 is 0 Å². The van der Waals surface area contributed by atoms with Crippen LogP contribution in [0.1, 0.15) is 66.7 Å². The van der Waals surface area contributed by atoms with E-state index in [4.69, 9.17) is 4.74 Å². The minimum Gasteiger partial charge on any atom is -0.381 e. The highest BCUT2D eigenvalue weighted by Crippen LogP contribution is 2.41. The van der Waals surface area contributed by atoms with Crippen LogP contribution < -0.4 is 0 Å². The number of nitrogens with zero attached hydrogens (tertiary/aromatic N) is 1. The molecule has 0 aliphatic carbocycles. The summed E-state index contributed by atoms with van der Waals surface area (Å²) in [6, 6.07) is 0. The first-order valence-electron chi connectivity index (χ1n) is 7.61. The summed E-state index contributed by atoms with van der Waals surface area (Å²) >= 11 is 0. The second-order valence-corrected chi connectivity index (χ2v) is 7.21. The van der Waals surface area contributed by atoms with Crippen molar-refractivity contribution in [2.45, 2.75) is 77.8 Å². The predicted molar refractivity (Wildman–Crippen MR) is 79.0 cm³/mol. The Kier molecular flexibility index (Phi) is 5.67. The predicted octanol–water partition coefficient (Wildman–Crippen LogP) is 4.09. The number of rotatable bonds is 6. The molecule has 0 aromatic rings. The quantitative estimate of drug-likeness (QED) is 0.663. The lowest BCUT2D eigenvalue weighted by Gasteiger charge is -2.54. The highest BCUT2D eigenvalue weighted by Gasteiger charge is 2.42. The molecule has 2 nitrogen and oxygen atoms in total. The zero-order valence-corrected chi connectivity index (χ0v) is 13.4. The molecule has 1 saturated heterocycles. The molecule has 0 bridgehead atoms. The van der Waals surface area contributed by atoms with E-state index in [1.807, 2.05) is 0 Å². The summed E-state index contributed by atoms with van der Waals surface area (Å²) in [7, 11) is 2.28. The van der Waals surface area contributed by atoms with E-state index >= 15 is 0 Å². The molecule has 0 saturated carbocycles. The van der Waals surface area contributed by atoms with Crippen LogP contribution in [0.15, 0.2) is 0 Å². The third kappa shape index (κ3) is 4.24. The van der Waals surface area contributed by atoms with E-state index < -0.39 is 0 Å². The molecule has 0 amide bonds. The van der Waals surface area contributed by atoms with Crippen LogP contribution in [-0.2, 0) is 4.74 Å². The minimum atomic E-state index is 0.330. The lowest BCUT2D eigenvalue weighted by Crippen LogP contribution is -2.58. The van der Waals surface area contributed by atoms with Gasteiger partial charge < -0.3 is 4.74 Å². The van der Waals surface area contributed by atoms with Crippen molar-refractivity contribution in [2.24, 2.45) is 5.92 Å². The standard InChI is InChI=1S/C16H33NO/c1-7-10-18-11-8-9-14-12-15(2,3)17(6)16(4,5)13-14/h14H,7-13H2,1-6H3. The summed E-state index contributed by atoms with van der Waals surface area (Å²) < 4.78 is 5.59. The van der Waals surface area contributed by atoms with Gasteiger partial charge in [0.2, 0.25) is 0 Å². The Morgan fingerprint density at radius 1 is 1.06 bits per heavy atom. The molecule has 108 valence electrons. The van der Waals surface area contributed by atoms with Crippen molar-refractivity contribution in [3.63, 3.8) is 0 Å². The Bertz CT molecular complexity index is 229. The largest absolute Gasteiger partial charge is 0.381 e. The van der Waals surface area contributed by atoms with Gasteiger partial charge in [-0.2, -0.15) is 0 Å². The van der Waals surface area contributed by atoms with Gasteiger partial charge in [0.25, 0.3) is 0 Å². The van der Waals surface area contributed by atoms with E-state index in [1.165, 1.54) is 25.7 Å². The fraction of sp³-hybridized carbons (Fsp3) is 1.00. The molecule has 0 spiro atoms. The Balaban J connectivity index is 2.39. The van der Waals surface area contributed by atoms with Crippen molar-refractivity contribution in [1.82, 2.24) is 4.90 Å². The van der Waals surface area contributed by atoms with Crippen LogP contribution in [0, 0.1) is 5.92 Å². The van der Waals surface area contributed by atoms with Crippen LogP contribution in [0.3, 0.4) is 0 Å². The van der Waals surface area contributed by atoms with E-state index in [1.54, 1.807) is 0 Å². The monoisotopic (exact) mass is 255 g/mol. The molecule has 0 unspecified atom stereocenters. The smallest absolute Gasteiger partial charge is 0.0466 e. The fourth-order valence-corrected chi connectivity index (χ4v) is 3.50. The van der Waals surface area contributed by atoms with Crippen LogP contribution in [0.25, 0.3) is 0 Å². The number of ether oxygens (including phenoxy) is 1. The van der Waals surface area contributed by atoms with E-state index in [0.29, 0.717) is 11.1 Å². The van der Waals surface area contributed by atoms with Crippen LogP contribution in [0.4, 0.5) is 0 Å². The zero-order chi connectivity index (χ0) is 13.8. The second-order valence-electron chi connectivity index (χ2n) is 7.21. The third-order valence-corrected chi connectivity index (χ3v) is 4.64. The van der Waals surface area contributed by atoms with Crippen molar-refractivity contribution in [1.29, 1.82) is 0 Å². The second kappa shape index (κ2) is 6.38. The molecular formula is C16H33NO.